The average Bonchev–Trinajstić information content (AvgIpc) is 2.73. The number of aromatic carboxylic acids is 1. The van der Waals surface area contributed by atoms with E-state index in [0.29, 0.717) is 11.1 Å². The third-order valence-corrected chi connectivity index (χ3v) is 6.25. The van der Waals surface area contributed by atoms with Crippen molar-refractivity contribution >= 4 is 28.5 Å². The van der Waals surface area contributed by atoms with E-state index in [9.17, 15) is 9.90 Å². The third kappa shape index (κ3) is 4.48. The molecule has 1 saturated heterocycles. The number of benzene rings is 2. The van der Waals surface area contributed by atoms with E-state index in [1.54, 1.807) is 18.2 Å². The Balaban J connectivity index is 1.69. The molecule has 3 aromatic rings. The van der Waals surface area contributed by atoms with Crippen molar-refractivity contribution in [3.8, 4) is 0 Å². The normalized spacial score (nSPS) is 16.8. The van der Waals surface area contributed by atoms with E-state index in [4.69, 9.17) is 9.97 Å². The average molecular weight is 419 g/mol. The summed E-state index contributed by atoms with van der Waals surface area (Å²) in [6, 6.07) is 11.0. The molecular weight excluding hydrogens is 388 g/mol. The number of aryl methyl sites for hydroxylation is 1. The van der Waals surface area contributed by atoms with Gasteiger partial charge in [0.05, 0.1) is 28.8 Å². The van der Waals surface area contributed by atoms with Gasteiger partial charge in [0.15, 0.2) is 0 Å². The second kappa shape index (κ2) is 8.17. The molecule has 2 N–H and O–H groups in total. The molecule has 2 aromatic carbocycles. The number of para-hydroxylation sites is 1. The molecule has 4 rings (SSSR count). The Bertz CT molecular complexity index is 1120. The Labute approximate surface area is 183 Å². The lowest BCUT2D eigenvalue weighted by Crippen LogP contribution is -2.37. The molecule has 0 aliphatic carbocycles. The maximum Gasteiger partial charge on any atom is 0.337 e. The van der Waals surface area contributed by atoms with Crippen molar-refractivity contribution in [2.75, 3.05) is 23.3 Å². The van der Waals surface area contributed by atoms with Gasteiger partial charge in [-0.1, -0.05) is 32.0 Å². The summed E-state index contributed by atoms with van der Waals surface area (Å²) >= 11 is 0. The first-order valence-electron chi connectivity index (χ1n) is 10.8. The smallest absolute Gasteiger partial charge is 0.337 e. The molecule has 0 bridgehead atoms. The van der Waals surface area contributed by atoms with Crippen molar-refractivity contribution in [1.29, 1.82) is 0 Å². The van der Waals surface area contributed by atoms with Crippen molar-refractivity contribution in [3.63, 3.8) is 0 Å². The molecule has 0 spiro atoms. The predicted molar refractivity (Wildman–Crippen MR) is 125 cm³/mol. The van der Waals surface area contributed by atoms with Gasteiger partial charge in [-0.3, -0.25) is 4.98 Å². The number of carbonyl (C=O) groups is 1. The van der Waals surface area contributed by atoms with E-state index in [2.05, 4.69) is 30.1 Å². The van der Waals surface area contributed by atoms with Gasteiger partial charge in [-0.25, -0.2) is 9.78 Å². The molecule has 0 saturated carbocycles. The minimum absolute atomic E-state index is 0.132. The zero-order valence-electron chi connectivity index (χ0n) is 18.6. The quantitative estimate of drug-likeness (QED) is 0.575. The van der Waals surface area contributed by atoms with Crippen molar-refractivity contribution in [3.05, 3.63) is 59.3 Å². The molecule has 0 radical (unpaired) electrons. The fraction of sp³-hybridized carbons (Fsp3) is 0.400. The van der Waals surface area contributed by atoms with Gasteiger partial charge in [-0.2, -0.15) is 0 Å². The molecule has 162 valence electrons. The highest BCUT2D eigenvalue weighted by Gasteiger charge is 2.26. The summed E-state index contributed by atoms with van der Waals surface area (Å²) in [5.74, 6) is -0.0364. The molecule has 1 aromatic heterocycles. The van der Waals surface area contributed by atoms with E-state index in [0.717, 1.165) is 53.9 Å². The zero-order valence-corrected chi connectivity index (χ0v) is 18.6. The third-order valence-electron chi connectivity index (χ3n) is 6.25. The number of rotatable bonds is 5. The number of anilines is 2. The Kier molecular flexibility index (Phi) is 5.56. The minimum Gasteiger partial charge on any atom is -0.478 e. The predicted octanol–water partition coefficient (Wildman–Crippen LogP) is 5.44. The van der Waals surface area contributed by atoms with Crippen LogP contribution in [0.4, 0.5) is 11.5 Å². The first-order valence-corrected chi connectivity index (χ1v) is 10.8. The van der Waals surface area contributed by atoms with Crippen LogP contribution >= 0.6 is 0 Å². The lowest BCUT2D eigenvalue weighted by Gasteiger charge is -2.37. The number of fused-ring (bicyclic) bond motifs is 1. The van der Waals surface area contributed by atoms with Gasteiger partial charge in [0.2, 0.25) is 0 Å². The molecule has 6 nitrogen and oxygen atoms in total. The molecule has 31 heavy (non-hydrogen) atoms. The van der Waals surface area contributed by atoms with Gasteiger partial charge in [-0.05, 0) is 55.9 Å². The number of hydrogen-bond acceptors (Lipinski definition) is 5. The SMILES string of the molecule is Cc1cc(C(C)Nc2ccccc2C(=O)O)c2nc(N3CCC(C)(C)CC3)cnc2c1. The van der Waals surface area contributed by atoms with Gasteiger partial charge in [0.25, 0.3) is 0 Å². The Morgan fingerprint density at radius 2 is 1.90 bits per heavy atom. The number of hydrogen-bond donors (Lipinski definition) is 2. The van der Waals surface area contributed by atoms with Crippen molar-refractivity contribution in [2.45, 2.75) is 46.6 Å². The van der Waals surface area contributed by atoms with E-state index in [-0.39, 0.29) is 11.6 Å². The van der Waals surface area contributed by atoms with Gasteiger partial charge in [-0.15, -0.1) is 0 Å². The van der Waals surface area contributed by atoms with Gasteiger partial charge < -0.3 is 15.3 Å². The first-order chi connectivity index (χ1) is 14.7. The highest BCUT2D eigenvalue weighted by molar-refractivity contribution is 5.94. The van der Waals surface area contributed by atoms with E-state index < -0.39 is 5.97 Å². The minimum atomic E-state index is -0.945. The van der Waals surface area contributed by atoms with Crippen LogP contribution in [0.5, 0.6) is 0 Å². The number of nitrogens with one attached hydrogen (secondary N) is 1. The molecule has 2 heterocycles. The van der Waals surface area contributed by atoms with Crippen LogP contribution in [-0.2, 0) is 0 Å². The molecule has 1 atom stereocenters. The maximum atomic E-state index is 11.6. The molecule has 1 aliphatic heterocycles. The van der Waals surface area contributed by atoms with Crippen LogP contribution in [0.25, 0.3) is 11.0 Å². The van der Waals surface area contributed by atoms with Crippen LogP contribution in [0.3, 0.4) is 0 Å². The number of nitrogens with zero attached hydrogens (tertiary/aromatic N) is 3. The van der Waals surface area contributed by atoms with Crippen LogP contribution < -0.4 is 10.2 Å². The second-order valence-electron chi connectivity index (χ2n) is 9.32. The summed E-state index contributed by atoms with van der Waals surface area (Å²) in [5.41, 5.74) is 5.07. The topological polar surface area (TPSA) is 78.3 Å². The van der Waals surface area contributed by atoms with Gasteiger partial charge in [0, 0.05) is 24.3 Å². The van der Waals surface area contributed by atoms with Crippen molar-refractivity contribution in [1.82, 2.24) is 9.97 Å². The Hall–Kier alpha value is -3.15. The maximum absolute atomic E-state index is 11.6. The lowest BCUT2D eigenvalue weighted by atomic mass is 9.83. The number of carboxylic acids is 1. The summed E-state index contributed by atoms with van der Waals surface area (Å²) in [4.78, 5) is 23.7. The summed E-state index contributed by atoms with van der Waals surface area (Å²) in [5, 5.41) is 12.9. The standard InChI is InChI=1S/C25H30N4O2/c1-16-13-19(17(2)27-20-8-6-5-7-18(20)24(30)31)23-21(14-16)26-15-22(28-23)29-11-9-25(3,4)10-12-29/h5-8,13-15,17,27H,9-12H2,1-4H3,(H,30,31). The van der Waals surface area contributed by atoms with Crippen LogP contribution in [0.15, 0.2) is 42.6 Å². The summed E-state index contributed by atoms with van der Waals surface area (Å²) in [6.07, 6.45) is 4.15. The number of aromatic nitrogens is 2. The van der Waals surface area contributed by atoms with Gasteiger partial charge >= 0.3 is 5.97 Å². The van der Waals surface area contributed by atoms with Crippen molar-refractivity contribution in [2.24, 2.45) is 5.41 Å². The second-order valence-corrected chi connectivity index (χ2v) is 9.32. The summed E-state index contributed by atoms with van der Waals surface area (Å²) < 4.78 is 0. The largest absolute Gasteiger partial charge is 0.478 e. The first kappa shape index (κ1) is 21.1. The van der Waals surface area contributed by atoms with Gasteiger partial charge in [0.1, 0.15) is 5.82 Å². The van der Waals surface area contributed by atoms with E-state index >= 15 is 0 Å². The molecule has 6 heteroatoms. The Morgan fingerprint density at radius 1 is 1.19 bits per heavy atom. The molecule has 1 fully saturated rings. The van der Waals surface area contributed by atoms with Crippen LogP contribution in [0.1, 0.15) is 61.1 Å². The monoisotopic (exact) mass is 418 g/mol. The molecule has 1 aliphatic rings. The highest BCUT2D eigenvalue weighted by atomic mass is 16.4. The highest BCUT2D eigenvalue weighted by Crippen LogP contribution is 2.33. The zero-order chi connectivity index (χ0) is 22.2. The Morgan fingerprint density at radius 3 is 2.61 bits per heavy atom. The summed E-state index contributed by atoms with van der Waals surface area (Å²) in [6.45, 7) is 10.7. The van der Waals surface area contributed by atoms with E-state index in [1.807, 2.05) is 32.2 Å². The molecular formula is C25H30N4O2. The summed E-state index contributed by atoms with van der Waals surface area (Å²) in [7, 11) is 0. The van der Waals surface area contributed by atoms with Crippen LogP contribution in [-0.4, -0.2) is 34.1 Å². The van der Waals surface area contributed by atoms with E-state index in [1.165, 1.54) is 0 Å². The van der Waals surface area contributed by atoms with Crippen LogP contribution in [0.2, 0.25) is 0 Å². The number of carboxylic acid groups (broad SMARTS) is 1. The lowest BCUT2D eigenvalue weighted by molar-refractivity contribution is 0.0698. The van der Waals surface area contributed by atoms with Crippen molar-refractivity contribution < 1.29 is 9.90 Å². The van der Waals surface area contributed by atoms with Crippen LogP contribution in [0, 0.1) is 12.3 Å². The fourth-order valence-electron chi connectivity index (χ4n) is 4.21. The fourth-order valence-corrected chi connectivity index (χ4v) is 4.21. The number of piperidine rings is 1. The molecule has 0 amide bonds. The molecule has 1 unspecified atom stereocenters.